The van der Waals surface area contributed by atoms with E-state index in [1.54, 1.807) is 60.3 Å². The van der Waals surface area contributed by atoms with Crippen LogP contribution in [-0.2, 0) is 71.9 Å². The van der Waals surface area contributed by atoms with Gasteiger partial charge >= 0.3 is 5.97 Å². The highest BCUT2D eigenvalue weighted by molar-refractivity contribution is 8.76. The van der Waals surface area contributed by atoms with Crippen molar-refractivity contribution < 1.29 is 87.2 Å². The van der Waals surface area contributed by atoms with Gasteiger partial charge in [0.25, 0.3) is 0 Å². The molecule has 38 heteroatoms. The first kappa shape index (κ1) is 89.5. The minimum absolute atomic E-state index is 0.00233. The van der Waals surface area contributed by atoms with Crippen molar-refractivity contribution in [2.75, 3.05) is 51.4 Å². The SMILES string of the molecule is CCC(C)C(NC(=O)[C@@H]1CSSC[C@H](NC(=O)[C@@H](NC(=O)[C@H](C)N)[C@@H](C)CC)C(=O)N[C@@H](CO)C(=O)N[C@@H](CCCN=C(N)N)C(=O)N[C@@H](CO)C(=O)N[C@@H](CC(C)C)C(=O)N2CCC[C@H]2C(=O)N2C3CCCCC3C[C@H]2C(=O)NC([C@@H](C)CC)C(=O)N1C)C(=O)N1CCC[C@H]1C(=O)N[C@@H](CC(=O)O)C(N)=O. The van der Waals surface area contributed by atoms with Crippen molar-refractivity contribution in [3.8, 4) is 0 Å². The molecule has 5 aliphatic rings. The molecule has 19 atom stereocenters. The molecule has 4 saturated heterocycles. The lowest BCUT2D eigenvalue weighted by Gasteiger charge is -2.38. The van der Waals surface area contributed by atoms with E-state index in [4.69, 9.17) is 22.9 Å². The first-order chi connectivity index (χ1) is 50.5. The average Bonchev–Trinajstić information content (AvgIpc) is 1.64. The largest absolute Gasteiger partial charge is 0.481 e. The number of hydrogen-bond acceptors (Lipinski definition) is 21. The summed E-state index contributed by atoms with van der Waals surface area (Å²) >= 11 is 0. The highest BCUT2D eigenvalue weighted by Gasteiger charge is 2.53. The smallest absolute Gasteiger partial charge is 0.305 e. The number of primary amides is 1. The zero-order valence-corrected chi connectivity index (χ0v) is 64.8. The summed E-state index contributed by atoms with van der Waals surface area (Å²) in [4.78, 5) is 225. The number of aliphatic hydroxyl groups excluding tert-OH is 2. The lowest BCUT2D eigenvalue weighted by molar-refractivity contribution is -0.151. The average molecular weight is 1550 g/mol. The molecule has 1 aliphatic carbocycles. The number of aliphatic carboxylic acids is 1. The molecule has 0 aromatic heterocycles. The molecule has 0 radical (unpaired) electrons. The van der Waals surface area contributed by atoms with Crippen LogP contribution in [0, 0.1) is 29.6 Å². The Balaban J connectivity index is 1.68. The molecule has 0 aromatic carbocycles. The van der Waals surface area contributed by atoms with Crippen LogP contribution in [0.3, 0.4) is 0 Å². The van der Waals surface area contributed by atoms with E-state index < -0.39 is 222 Å². The van der Waals surface area contributed by atoms with Crippen molar-refractivity contribution >= 4 is 116 Å². The van der Waals surface area contributed by atoms with Crippen LogP contribution in [0.4, 0.5) is 0 Å². The van der Waals surface area contributed by atoms with E-state index in [-0.39, 0.29) is 101 Å². The fourth-order valence-electron chi connectivity index (χ4n) is 14.0. The van der Waals surface area contributed by atoms with Crippen LogP contribution in [0.15, 0.2) is 4.99 Å². The summed E-state index contributed by atoms with van der Waals surface area (Å²) in [6.07, 6.45) is 3.69. The maximum Gasteiger partial charge on any atom is 0.305 e. The van der Waals surface area contributed by atoms with Crippen molar-refractivity contribution in [2.24, 2.45) is 57.5 Å². The van der Waals surface area contributed by atoms with Crippen LogP contribution in [0.2, 0.25) is 0 Å². The zero-order chi connectivity index (χ0) is 79.8. The summed E-state index contributed by atoms with van der Waals surface area (Å²) in [6, 6.07) is -20.6. The van der Waals surface area contributed by atoms with Crippen molar-refractivity contribution in [2.45, 2.75) is 256 Å². The van der Waals surface area contributed by atoms with E-state index in [9.17, 15) is 63.3 Å². The van der Waals surface area contributed by atoms with Gasteiger partial charge in [-0.05, 0) is 101 Å². The van der Waals surface area contributed by atoms with Crippen LogP contribution >= 0.6 is 21.6 Å². The number of carbonyl (C=O) groups is 15. The van der Waals surface area contributed by atoms with E-state index in [0.29, 0.717) is 25.7 Å². The molecule has 4 aliphatic heterocycles. The number of nitrogens with zero attached hydrogens (tertiary/aromatic N) is 5. The molecule has 5 unspecified atom stereocenters. The molecule has 5 rings (SSSR count). The van der Waals surface area contributed by atoms with Crippen molar-refractivity contribution in [3.05, 3.63) is 0 Å². The molecule has 36 nitrogen and oxygen atoms in total. The third-order valence-electron chi connectivity index (χ3n) is 20.9. The maximum atomic E-state index is 15.7. The van der Waals surface area contributed by atoms with Gasteiger partial charge in [-0.3, -0.25) is 76.9 Å². The summed E-state index contributed by atoms with van der Waals surface area (Å²) in [5, 5.41) is 54.5. The summed E-state index contributed by atoms with van der Waals surface area (Å²) in [5.41, 5.74) is 22.5. The second-order valence-electron chi connectivity index (χ2n) is 29.2. The van der Waals surface area contributed by atoms with Gasteiger partial charge in [-0.2, -0.15) is 0 Å². The molecule has 0 aromatic rings. The Morgan fingerprint density at radius 3 is 1.79 bits per heavy atom. The first-order valence-electron chi connectivity index (χ1n) is 37.3. The van der Waals surface area contributed by atoms with Gasteiger partial charge in [-0.25, -0.2) is 0 Å². The van der Waals surface area contributed by atoms with Crippen molar-refractivity contribution in [3.63, 3.8) is 0 Å². The van der Waals surface area contributed by atoms with Crippen LogP contribution in [0.1, 0.15) is 165 Å². The van der Waals surface area contributed by atoms with Crippen LogP contribution in [0.5, 0.6) is 0 Å². The van der Waals surface area contributed by atoms with Crippen LogP contribution in [-0.4, -0.2) is 272 Å². The minimum atomic E-state index is -1.89. The quantitative estimate of drug-likeness (QED) is 0.0171. The third kappa shape index (κ3) is 24.7. The van der Waals surface area contributed by atoms with E-state index >= 15 is 24.0 Å². The van der Waals surface area contributed by atoms with Gasteiger partial charge in [0.15, 0.2) is 5.96 Å². The second kappa shape index (κ2) is 42.6. The number of rotatable bonds is 26. The molecular weight excluding hydrogens is 1430 g/mol. The molecule has 4 heterocycles. The molecule has 5 fully saturated rings. The number of hydrogen-bond donors (Lipinski definition) is 16. The Morgan fingerprint density at radius 2 is 1.20 bits per heavy atom. The molecule has 0 bridgehead atoms. The van der Waals surface area contributed by atoms with Gasteiger partial charge in [0, 0.05) is 44.2 Å². The highest BCUT2D eigenvalue weighted by atomic mass is 33.1. The topological polar surface area (TPSA) is 554 Å². The predicted octanol–water partition coefficient (Wildman–Crippen LogP) is -3.76. The summed E-state index contributed by atoms with van der Waals surface area (Å²) in [5.74, 6) is -17.0. The number of nitrogens with one attached hydrogen (secondary N) is 9. The predicted molar refractivity (Wildman–Crippen MR) is 396 cm³/mol. The normalized spacial score (nSPS) is 27.6. The van der Waals surface area contributed by atoms with E-state index in [1.807, 2.05) is 0 Å². The molecule has 0 spiro atoms. The monoisotopic (exact) mass is 1550 g/mol. The number of guanidine groups is 1. The second-order valence-corrected chi connectivity index (χ2v) is 31.8. The number of carboxylic acid groups (broad SMARTS) is 1. The van der Waals surface area contributed by atoms with Gasteiger partial charge in [0.1, 0.15) is 78.5 Å². The number of fused-ring (bicyclic) bond motifs is 4. The molecule has 602 valence electrons. The number of nitrogens with two attached hydrogens (primary N) is 4. The fourth-order valence-corrected chi connectivity index (χ4v) is 16.5. The van der Waals surface area contributed by atoms with Gasteiger partial charge in [-0.1, -0.05) is 109 Å². The van der Waals surface area contributed by atoms with Gasteiger partial charge in [-0.15, -0.1) is 0 Å². The number of carboxylic acids is 1. The first-order valence-corrected chi connectivity index (χ1v) is 39.8. The Bertz CT molecular complexity index is 3200. The Labute approximate surface area is 632 Å². The fraction of sp³-hybridized carbons (Fsp3) is 0.768. The van der Waals surface area contributed by atoms with E-state index in [1.165, 1.54) is 23.8 Å². The van der Waals surface area contributed by atoms with E-state index in [0.717, 1.165) is 39.3 Å². The molecule has 20 N–H and O–H groups in total. The Hall–Kier alpha value is -8.10. The van der Waals surface area contributed by atoms with Crippen molar-refractivity contribution in [1.29, 1.82) is 0 Å². The number of aliphatic imine (C=N–C) groups is 1. The van der Waals surface area contributed by atoms with Gasteiger partial charge < -0.3 is 106 Å². The maximum absolute atomic E-state index is 15.7. The Kier molecular flexibility index (Phi) is 35.6. The highest BCUT2D eigenvalue weighted by Crippen LogP contribution is 2.42. The zero-order valence-electron chi connectivity index (χ0n) is 63.1. The third-order valence-corrected chi connectivity index (χ3v) is 23.3. The number of likely N-dealkylation sites (tertiary alicyclic amines) is 1. The minimum Gasteiger partial charge on any atom is -0.481 e. The lowest BCUT2D eigenvalue weighted by Crippen LogP contribution is -2.62. The van der Waals surface area contributed by atoms with Crippen LogP contribution in [0.25, 0.3) is 0 Å². The molecule has 1 saturated carbocycles. The standard InChI is InChI=1S/C69H116N18O18S2/c1-11-35(6)52(81-56(93)38(9)70)64(101)80-45-32-106-107-33-50(63(100)83-54(37(8)13-3)68(105)85-25-17-22-47(85)61(98)76-41(55(71)92)29-51(90)91)84(10)67(104)53(36(7)12-2)82-62(99)49-28-39-19-14-15-21-46(39)87(49)66(103)48-23-18-26-86(48)65(102)42(27-34(4)5)77-59(96)44(31-89)78-57(94)40(20-16-24-74-69(72)73)75-58(95)43(30-88)79-60(45)97/h34-50,52-54,88-89H,11-33,70H2,1-10H3,(H2,71,92)(H,75,95)(H,76,98)(H,77,96)(H,78,94)(H,79,97)(H,80,101)(H,81,93)(H,82,99)(H,83,100)(H,90,91)(H4,72,73,74)/t35-,36-,37?,38-,39?,40-,41-,42-,43-,44-,45-,46?,47-,48-,49-,50-,52-,53?,54?/m0/s1. The van der Waals surface area contributed by atoms with Crippen molar-refractivity contribution in [1.82, 2.24) is 67.5 Å². The number of likely N-dealkylation sites (N-methyl/N-ethyl adjacent to an activating group) is 1. The van der Waals surface area contributed by atoms with Crippen LogP contribution < -0.4 is 70.8 Å². The molecule has 14 amide bonds. The number of carbonyl (C=O) groups excluding carboxylic acids is 14. The molecular formula is C69H116N18O18S2. The van der Waals surface area contributed by atoms with Gasteiger partial charge in [0.2, 0.25) is 82.7 Å². The molecule has 107 heavy (non-hydrogen) atoms. The summed E-state index contributed by atoms with van der Waals surface area (Å²) in [7, 11) is 3.10. The summed E-state index contributed by atoms with van der Waals surface area (Å²) in [6.45, 7) is 13.2. The number of amides is 14. The lowest BCUT2D eigenvalue weighted by atomic mass is 9.84. The number of aliphatic hydroxyl groups is 2. The van der Waals surface area contributed by atoms with E-state index in [2.05, 4.69) is 52.8 Å². The summed E-state index contributed by atoms with van der Waals surface area (Å²) < 4.78 is 0. The Morgan fingerprint density at radius 1 is 0.617 bits per heavy atom. The van der Waals surface area contributed by atoms with Gasteiger partial charge in [0.05, 0.1) is 25.7 Å².